The third-order valence-corrected chi connectivity index (χ3v) is 3.37. The molecule has 2 rings (SSSR count). The summed E-state index contributed by atoms with van der Waals surface area (Å²) in [5, 5.41) is 6.57. The quantitative estimate of drug-likeness (QED) is 0.853. The van der Waals surface area contributed by atoms with E-state index in [1.54, 1.807) is 36.4 Å². The Bertz CT molecular complexity index is 647. The molecule has 6 heteroatoms. The number of nitrogens with zero attached hydrogens (tertiary/aromatic N) is 1. The van der Waals surface area contributed by atoms with Gasteiger partial charge in [0.1, 0.15) is 11.5 Å². The predicted molar refractivity (Wildman–Crippen MR) is 87.4 cm³/mol. The Balaban J connectivity index is 2.20. The fourth-order valence-corrected chi connectivity index (χ4v) is 2.07. The number of carbonyl (C=O) groups excluding carboxylic acids is 1. The van der Waals surface area contributed by atoms with Crippen molar-refractivity contribution in [1.82, 2.24) is 4.98 Å². The molecule has 1 amide bonds. The van der Waals surface area contributed by atoms with E-state index in [0.717, 1.165) is 13.0 Å². The molecule has 0 spiro atoms. The Hall–Kier alpha value is -1.78. The molecule has 0 bridgehead atoms. The van der Waals surface area contributed by atoms with Gasteiger partial charge in [-0.05, 0) is 30.7 Å². The van der Waals surface area contributed by atoms with Gasteiger partial charge < -0.3 is 10.6 Å². The van der Waals surface area contributed by atoms with Gasteiger partial charge in [0.05, 0.1) is 15.7 Å². The molecule has 1 heterocycles. The Morgan fingerprint density at radius 2 is 1.90 bits per heavy atom. The van der Waals surface area contributed by atoms with Crippen LogP contribution in [0.1, 0.15) is 23.8 Å². The summed E-state index contributed by atoms with van der Waals surface area (Å²) in [6.07, 6.45) is 0.964. The van der Waals surface area contributed by atoms with Gasteiger partial charge in [-0.25, -0.2) is 4.98 Å². The van der Waals surface area contributed by atoms with Gasteiger partial charge in [-0.3, -0.25) is 4.79 Å². The summed E-state index contributed by atoms with van der Waals surface area (Å²) in [7, 11) is 0. The van der Waals surface area contributed by atoms with Crippen molar-refractivity contribution in [1.29, 1.82) is 0 Å². The van der Waals surface area contributed by atoms with E-state index in [0.29, 0.717) is 21.6 Å². The second kappa shape index (κ2) is 7.29. The van der Waals surface area contributed by atoms with Gasteiger partial charge in [0, 0.05) is 6.54 Å². The topological polar surface area (TPSA) is 54.0 Å². The summed E-state index contributed by atoms with van der Waals surface area (Å²) < 4.78 is 0. The molecule has 110 valence electrons. The SMILES string of the molecule is CCCNc1ccc(Cl)c(C(=O)Nc2ccccc2Cl)n1. The van der Waals surface area contributed by atoms with Crippen molar-refractivity contribution in [2.45, 2.75) is 13.3 Å². The van der Waals surface area contributed by atoms with Gasteiger partial charge in [-0.15, -0.1) is 0 Å². The molecule has 0 unspecified atom stereocenters. The van der Waals surface area contributed by atoms with E-state index >= 15 is 0 Å². The van der Waals surface area contributed by atoms with Crippen LogP contribution in [0.3, 0.4) is 0 Å². The zero-order valence-corrected chi connectivity index (χ0v) is 13.0. The van der Waals surface area contributed by atoms with Crippen LogP contribution in [0.15, 0.2) is 36.4 Å². The first-order chi connectivity index (χ1) is 10.1. The van der Waals surface area contributed by atoms with Crippen molar-refractivity contribution in [3.05, 3.63) is 52.1 Å². The maximum Gasteiger partial charge on any atom is 0.275 e. The van der Waals surface area contributed by atoms with E-state index in [-0.39, 0.29) is 5.69 Å². The van der Waals surface area contributed by atoms with E-state index in [1.807, 2.05) is 6.92 Å². The number of para-hydroxylation sites is 1. The zero-order chi connectivity index (χ0) is 15.2. The second-order valence-electron chi connectivity index (χ2n) is 4.39. The molecule has 0 aliphatic rings. The molecule has 0 fully saturated rings. The zero-order valence-electron chi connectivity index (χ0n) is 11.5. The van der Waals surface area contributed by atoms with Crippen LogP contribution in [0.4, 0.5) is 11.5 Å². The number of hydrogen-bond donors (Lipinski definition) is 2. The number of amides is 1. The highest BCUT2D eigenvalue weighted by molar-refractivity contribution is 6.35. The lowest BCUT2D eigenvalue weighted by molar-refractivity contribution is 0.102. The van der Waals surface area contributed by atoms with Crippen molar-refractivity contribution in [2.75, 3.05) is 17.2 Å². The maximum absolute atomic E-state index is 12.3. The molecule has 2 aromatic rings. The first-order valence-corrected chi connectivity index (χ1v) is 7.33. The van der Waals surface area contributed by atoms with E-state index in [9.17, 15) is 4.79 Å². The Morgan fingerprint density at radius 1 is 1.14 bits per heavy atom. The Labute approximate surface area is 133 Å². The first kappa shape index (κ1) is 15.6. The van der Waals surface area contributed by atoms with Gasteiger partial charge in [0.25, 0.3) is 5.91 Å². The lowest BCUT2D eigenvalue weighted by Gasteiger charge is -2.10. The number of aromatic nitrogens is 1. The summed E-state index contributed by atoms with van der Waals surface area (Å²) >= 11 is 12.1. The highest BCUT2D eigenvalue weighted by Gasteiger charge is 2.14. The van der Waals surface area contributed by atoms with E-state index in [4.69, 9.17) is 23.2 Å². The summed E-state index contributed by atoms with van der Waals surface area (Å²) in [4.78, 5) is 16.5. The number of rotatable bonds is 5. The molecule has 0 saturated carbocycles. The lowest BCUT2D eigenvalue weighted by Crippen LogP contribution is -2.15. The normalized spacial score (nSPS) is 10.2. The van der Waals surface area contributed by atoms with Gasteiger partial charge in [-0.1, -0.05) is 42.3 Å². The summed E-state index contributed by atoms with van der Waals surface area (Å²) in [5.74, 6) is 0.221. The van der Waals surface area contributed by atoms with Crippen molar-refractivity contribution in [3.8, 4) is 0 Å². The summed E-state index contributed by atoms with van der Waals surface area (Å²) in [5.41, 5.74) is 0.687. The molecule has 2 N–H and O–H groups in total. The average molecular weight is 324 g/mol. The van der Waals surface area contributed by atoms with Crippen molar-refractivity contribution in [3.63, 3.8) is 0 Å². The average Bonchev–Trinajstić information content (AvgIpc) is 2.48. The minimum Gasteiger partial charge on any atom is -0.370 e. The molecule has 1 aromatic heterocycles. The van der Waals surface area contributed by atoms with Gasteiger partial charge in [0.15, 0.2) is 0 Å². The van der Waals surface area contributed by atoms with Gasteiger partial charge in [-0.2, -0.15) is 0 Å². The third kappa shape index (κ3) is 4.09. The highest BCUT2D eigenvalue weighted by atomic mass is 35.5. The molecule has 0 atom stereocenters. The number of carbonyl (C=O) groups is 1. The molecular weight excluding hydrogens is 309 g/mol. The highest BCUT2D eigenvalue weighted by Crippen LogP contribution is 2.23. The summed E-state index contributed by atoms with van der Waals surface area (Å²) in [6.45, 7) is 2.83. The largest absolute Gasteiger partial charge is 0.370 e. The summed E-state index contributed by atoms with van der Waals surface area (Å²) in [6, 6.07) is 10.4. The minimum atomic E-state index is -0.395. The third-order valence-electron chi connectivity index (χ3n) is 2.74. The second-order valence-corrected chi connectivity index (χ2v) is 5.20. The molecule has 0 radical (unpaired) electrons. The molecular formula is C15H15Cl2N3O. The van der Waals surface area contributed by atoms with Gasteiger partial charge in [0.2, 0.25) is 0 Å². The van der Waals surface area contributed by atoms with Crippen LogP contribution in [0.2, 0.25) is 10.0 Å². The fraction of sp³-hybridized carbons (Fsp3) is 0.200. The van der Waals surface area contributed by atoms with E-state index < -0.39 is 5.91 Å². The fourth-order valence-electron chi connectivity index (χ4n) is 1.70. The van der Waals surface area contributed by atoms with E-state index in [1.165, 1.54) is 0 Å². The van der Waals surface area contributed by atoms with Crippen LogP contribution < -0.4 is 10.6 Å². The Morgan fingerprint density at radius 3 is 2.62 bits per heavy atom. The molecule has 4 nitrogen and oxygen atoms in total. The van der Waals surface area contributed by atoms with Crippen molar-refractivity contribution >= 4 is 40.6 Å². The van der Waals surface area contributed by atoms with Crippen LogP contribution in [0, 0.1) is 0 Å². The first-order valence-electron chi connectivity index (χ1n) is 6.58. The predicted octanol–water partition coefficient (Wildman–Crippen LogP) is 4.46. The number of halogens is 2. The van der Waals surface area contributed by atoms with Crippen LogP contribution in [0.25, 0.3) is 0 Å². The molecule has 0 saturated heterocycles. The van der Waals surface area contributed by atoms with Crippen LogP contribution in [-0.4, -0.2) is 17.4 Å². The van der Waals surface area contributed by atoms with Crippen molar-refractivity contribution in [2.24, 2.45) is 0 Å². The van der Waals surface area contributed by atoms with E-state index in [2.05, 4.69) is 15.6 Å². The minimum absolute atomic E-state index is 0.165. The van der Waals surface area contributed by atoms with Gasteiger partial charge >= 0.3 is 0 Å². The monoisotopic (exact) mass is 323 g/mol. The van der Waals surface area contributed by atoms with Crippen LogP contribution in [0.5, 0.6) is 0 Å². The smallest absolute Gasteiger partial charge is 0.275 e. The van der Waals surface area contributed by atoms with Crippen LogP contribution >= 0.6 is 23.2 Å². The number of anilines is 2. The standard InChI is InChI=1S/C15H15Cl2N3O/c1-2-9-18-13-8-7-11(17)14(20-13)15(21)19-12-6-4-3-5-10(12)16/h3-8H,2,9H2,1H3,(H,18,20)(H,19,21). The van der Waals surface area contributed by atoms with Crippen LogP contribution in [-0.2, 0) is 0 Å². The number of pyridine rings is 1. The molecule has 21 heavy (non-hydrogen) atoms. The molecule has 0 aliphatic heterocycles. The number of benzene rings is 1. The Kier molecular flexibility index (Phi) is 5.42. The number of nitrogens with one attached hydrogen (secondary N) is 2. The molecule has 0 aliphatic carbocycles. The lowest BCUT2D eigenvalue weighted by atomic mass is 10.3. The number of hydrogen-bond acceptors (Lipinski definition) is 3. The molecule has 1 aromatic carbocycles. The van der Waals surface area contributed by atoms with Crippen molar-refractivity contribution < 1.29 is 4.79 Å². The maximum atomic E-state index is 12.3.